The molecule has 0 fully saturated rings. The fourth-order valence-corrected chi connectivity index (χ4v) is 0. The lowest BCUT2D eigenvalue weighted by Crippen LogP contribution is -1.69. The summed E-state index contributed by atoms with van der Waals surface area (Å²) in [5.74, 6) is 0.167. The van der Waals surface area contributed by atoms with E-state index in [1.807, 2.05) is 0 Å². The van der Waals surface area contributed by atoms with Crippen LogP contribution < -0.4 is 0 Å². The largest absolute Gasteiger partial charge is 0.400 e. The van der Waals surface area contributed by atoms with Gasteiger partial charge < -0.3 is 15.0 Å². The molecule has 0 heterocycles. The van der Waals surface area contributed by atoms with Crippen LogP contribution in [-0.4, -0.2) is 30.2 Å². The molecule has 0 rings (SSSR count). The predicted octanol–water partition coefficient (Wildman–Crippen LogP) is -0.188. The first-order valence-electron chi connectivity index (χ1n) is 2.10. The van der Waals surface area contributed by atoms with E-state index in [0.717, 1.165) is 14.2 Å². The molecule has 0 radical (unpaired) electrons. The molecule has 0 aromatic rings. The zero-order chi connectivity index (χ0) is 7.58. The maximum atomic E-state index is 9.44. The minimum atomic E-state index is 0.167. The van der Waals surface area contributed by atoms with Crippen molar-refractivity contribution >= 4 is 5.78 Å². The van der Waals surface area contributed by atoms with Gasteiger partial charge in [-0.05, 0) is 13.8 Å². The van der Waals surface area contributed by atoms with Gasteiger partial charge in [-0.1, -0.05) is 0 Å². The number of carbonyl (C=O) groups excluding carboxylic acids is 1. The first-order valence-corrected chi connectivity index (χ1v) is 2.10. The van der Waals surface area contributed by atoms with Crippen LogP contribution in [-0.2, 0) is 4.79 Å². The van der Waals surface area contributed by atoms with Gasteiger partial charge in [0.05, 0.1) is 0 Å². The van der Waals surface area contributed by atoms with Gasteiger partial charge in [-0.15, -0.1) is 0 Å². The van der Waals surface area contributed by atoms with Crippen LogP contribution in [0.15, 0.2) is 0 Å². The molecule has 0 saturated carbocycles. The smallest absolute Gasteiger partial charge is 0.126 e. The molecule has 0 bridgehead atoms. The first kappa shape index (κ1) is 15.6. The molecular weight excluding hydrogens is 108 g/mol. The molecule has 0 aliphatic rings. The van der Waals surface area contributed by atoms with Gasteiger partial charge in [-0.25, -0.2) is 0 Å². The summed E-state index contributed by atoms with van der Waals surface area (Å²) in [6, 6.07) is 0. The summed E-state index contributed by atoms with van der Waals surface area (Å²) in [5.41, 5.74) is 0. The zero-order valence-electron chi connectivity index (χ0n) is 5.80. The van der Waals surface area contributed by atoms with Crippen molar-refractivity contribution in [1.82, 2.24) is 0 Å². The quantitative estimate of drug-likeness (QED) is 0.468. The van der Waals surface area contributed by atoms with Crippen molar-refractivity contribution in [2.24, 2.45) is 0 Å². The number of rotatable bonds is 0. The number of carbonyl (C=O) groups is 1. The van der Waals surface area contributed by atoms with Crippen molar-refractivity contribution in [3.05, 3.63) is 0 Å². The Morgan fingerprint density at radius 3 is 1.00 bits per heavy atom. The van der Waals surface area contributed by atoms with E-state index in [1.54, 1.807) is 0 Å². The number of hydrogen-bond acceptors (Lipinski definition) is 3. The zero-order valence-corrected chi connectivity index (χ0v) is 5.80. The lowest BCUT2D eigenvalue weighted by molar-refractivity contribution is -0.114. The number of ketones is 1. The van der Waals surface area contributed by atoms with Crippen LogP contribution in [0.4, 0.5) is 0 Å². The Morgan fingerprint density at radius 1 is 1.00 bits per heavy atom. The average Bonchev–Trinajstić information content (AvgIpc) is 1.75. The van der Waals surface area contributed by atoms with Gasteiger partial charge in [0, 0.05) is 14.2 Å². The molecule has 0 saturated heterocycles. The Bertz CT molecular complexity index is 30.7. The van der Waals surface area contributed by atoms with E-state index in [-0.39, 0.29) is 5.78 Å². The van der Waals surface area contributed by atoms with Gasteiger partial charge in [-0.3, -0.25) is 0 Å². The fraction of sp³-hybridized carbons (Fsp3) is 0.800. The molecule has 3 heteroatoms. The van der Waals surface area contributed by atoms with E-state index in [1.165, 1.54) is 13.8 Å². The minimum Gasteiger partial charge on any atom is -0.400 e. The van der Waals surface area contributed by atoms with Gasteiger partial charge in [0.2, 0.25) is 0 Å². The highest BCUT2D eigenvalue weighted by atomic mass is 16.2. The number of aliphatic hydroxyl groups is 2. The Hall–Kier alpha value is -0.410. The van der Waals surface area contributed by atoms with Crippen LogP contribution in [0.5, 0.6) is 0 Å². The number of aliphatic hydroxyl groups excluding tert-OH is 2. The van der Waals surface area contributed by atoms with Gasteiger partial charge in [0.25, 0.3) is 0 Å². The summed E-state index contributed by atoms with van der Waals surface area (Å²) in [7, 11) is 2.00. The third-order valence-electron chi connectivity index (χ3n) is 0. The van der Waals surface area contributed by atoms with Crippen LogP contribution in [0, 0.1) is 0 Å². The average molecular weight is 122 g/mol. The lowest BCUT2D eigenvalue weighted by atomic mass is 10.6. The molecule has 0 aliphatic carbocycles. The van der Waals surface area contributed by atoms with Gasteiger partial charge >= 0.3 is 0 Å². The molecule has 52 valence electrons. The van der Waals surface area contributed by atoms with Crippen molar-refractivity contribution in [2.75, 3.05) is 14.2 Å². The topological polar surface area (TPSA) is 57.5 Å². The highest BCUT2D eigenvalue weighted by Gasteiger charge is 1.62. The molecule has 3 nitrogen and oxygen atoms in total. The third kappa shape index (κ3) is 701. The van der Waals surface area contributed by atoms with Crippen LogP contribution in [0.1, 0.15) is 13.8 Å². The predicted molar refractivity (Wildman–Crippen MR) is 32.6 cm³/mol. The maximum absolute atomic E-state index is 9.44. The van der Waals surface area contributed by atoms with E-state index in [2.05, 4.69) is 0 Å². The van der Waals surface area contributed by atoms with Crippen LogP contribution >= 0.6 is 0 Å². The molecule has 8 heavy (non-hydrogen) atoms. The van der Waals surface area contributed by atoms with Crippen molar-refractivity contribution in [3.63, 3.8) is 0 Å². The fourth-order valence-electron chi connectivity index (χ4n) is 0. The minimum absolute atomic E-state index is 0.167. The highest BCUT2D eigenvalue weighted by molar-refractivity contribution is 5.72. The van der Waals surface area contributed by atoms with Gasteiger partial charge in [0.15, 0.2) is 0 Å². The van der Waals surface area contributed by atoms with E-state index in [9.17, 15) is 4.79 Å². The maximum Gasteiger partial charge on any atom is 0.126 e. The van der Waals surface area contributed by atoms with Crippen molar-refractivity contribution in [2.45, 2.75) is 13.8 Å². The standard InChI is InChI=1S/C3H6O.2CH4O/c1-3(2)4;2*1-2/h1-2H3;2*2H,1H3. The molecule has 0 aliphatic heterocycles. The van der Waals surface area contributed by atoms with E-state index < -0.39 is 0 Å². The van der Waals surface area contributed by atoms with Crippen molar-refractivity contribution in [1.29, 1.82) is 0 Å². The normalized spacial score (nSPS) is 4.75. The Kier molecular flexibility index (Phi) is 60.0. The number of hydrogen-bond donors (Lipinski definition) is 2. The highest BCUT2D eigenvalue weighted by Crippen LogP contribution is 1.50. The molecule has 0 aromatic carbocycles. The van der Waals surface area contributed by atoms with E-state index in [4.69, 9.17) is 10.2 Å². The Morgan fingerprint density at radius 2 is 1.00 bits per heavy atom. The molecule has 0 amide bonds. The number of Topliss-reactive ketones (excluding diaryl/α,β-unsaturated/α-hetero) is 1. The van der Waals surface area contributed by atoms with Crippen LogP contribution in [0.25, 0.3) is 0 Å². The summed E-state index contributed by atoms with van der Waals surface area (Å²) in [5, 5.41) is 14.0. The monoisotopic (exact) mass is 122 g/mol. The summed E-state index contributed by atoms with van der Waals surface area (Å²) < 4.78 is 0. The molecule has 0 aromatic heterocycles. The molecular formula is C5H14O3. The molecule has 0 unspecified atom stereocenters. The lowest BCUT2D eigenvalue weighted by Gasteiger charge is -1.56. The van der Waals surface area contributed by atoms with Crippen LogP contribution in [0.3, 0.4) is 0 Å². The summed E-state index contributed by atoms with van der Waals surface area (Å²) >= 11 is 0. The molecule has 0 atom stereocenters. The summed E-state index contributed by atoms with van der Waals surface area (Å²) in [4.78, 5) is 9.44. The van der Waals surface area contributed by atoms with Crippen LogP contribution in [0.2, 0.25) is 0 Å². The second-order valence-electron chi connectivity index (χ2n) is 0.908. The molecule has 0 spiro atoms. The Labute approximate surface area is 50.0 Å². The SMILES string of the molecule is CC(C)=O.CO.CO. The van der Waals surface area contributed by atoms with Crippen molar-refractivity contribution in [3.8, 4) is 0 Å². The van der Waals surface area contributed by atoms with E-state index >= 15 is 0 Å². The Balaban J connectivity index is -0.0000000542. The third-order valence-corrected chi connectivity index (χ3v) is 0. The summed E-state index contributed by atoms with van der Waals surface area (Å²) in [6.07, 6.45) is 0. The van der Waals surface area contributed by atoms with Crippen molar-refractivity contribution < 1.29 is 15.0 Å². The summed E-state index contributed by atoms with van der Waals surface area (Å²) in [6.45, 7) is 3.06. The molecule has 2 N–H and O–H groups in total. The second-order valence-corrected chi connectivity index (χ2v) is 0.908. The van der Waals surface area contributed by atoms with Gasteiger partial charge in [-0.2, -0.15) is 0 Å². The second kappa shape index (κ2) is 30.7. The van der Waals surface area contributed by atoms with E-state index in [0.29, 0.717) is 0 Å². The van der Waals surface area contributed by atoms with Gasteiger partial charge in [0.1, 0.15) is 5.78 Å². The first-order chi connectivity index (χ1) is 3.73.